The van der Waals surface area contributed by atoms with E-state index in [1.807, 2.05) is 7.05 Å². The summed E-state index contributed by atoms with van der Waals surface area (Å²) >= 11 is 0. The summed E-state index contributed by atoms with van der Waals surface area (Å²) < 4.78 is 7.14. The van der Waals surface area contributed by atoms with E-state index in [1.165, 1.54) is 0 Å². The predicted octanol–water partition coefficient (Wildman–Crippen LogP) is 2.04. The minimum absolute atomic E-state index is 0.306. The lowest BCUT2D eigenvalue weighted by Gasteiger charge is -1.98. The van der Waals surface area contributed by atoms with E-state index in [0.717, 1.165) is 16.5 Å². The van der Waals surface area contributed by atoms with Crippen molar-refractivity contribution in [1.82, 2.24) is 14.8 Å². The van der Waals surface area contributed by atoms with E-state index in [2.05, 4.69) is 10.1 Å². The second-order valence-electron chi connectivity index (χ2n) is 3.71. The molecular formula is C12H9N3O2. The second-order valence-corrected chi connectivity index (χ2v) is 3.71. The van der Waals surface area contributed by atoms with Gasteiger partial charge in [0, 0.05) is 24.2 Å². The maximum absolute atomic E-state index is 10.6. The molecule has 0 aliphatic rings. The fourth-order valence-electron chi connectivity index (χ4n) is 1.82. The van der Waals surface area contributed by atoms with Crippen LogP contribution in [0.2, 0.25) is 0 Å². The van der Waals surface area contributed by atoms with Gasteiger partial charge in [-0.1, -0.05) is 0 Å². The molecule has 3 aromatic heterocycles. The number of aryl methyl sites for hydroxylation is 1. The number of rotatable bonds is 2. The SMILES string of the molecule is Cn1ncc2c(-c3ccc(C=O)o3)cncc21. The number of aromatic nitrogens is 3. The van der Waals surface area contributed by atoms with Crippen molar-refractivity contribution in [2.75, 3.05) is 0 Å². The van der Waals surface area contributed by atoms with E-state index in [1.54, 1.807) is 35.4 Å². The number of carbonyl (C=O) groups excluding carboxylic acids is 1. The molecule has 0 unspecified atom stereocenters. The largest absolute Gasteiger partial charge is 0.453 e. The lowest BCUT2D eigenvalue weighted by atomic mass is 10.1. The van der Waals surface area contributed by atoms with Crippen LogP contribution in [0.3, 0.4) is 0 Å². The quantitative estimate of drug-likeness (QED) is 0.628. The van der Waals surface area contributed by atoms with E-state index in [-0.39, 0.29) is 0 Å². The normalized spacial score (nSPS) is 10.9. The van der Waals surface area contributed by atoms with Crippen molar-refractivity contribution >= 4 is 17.2 Å². The third-order valence-corrected chi connectivity index (χ3v) is 2.68. The first kappa shape index (κ1) is 9.77. The van der Waals surface area contributed by atoms with Crippen LogP contribution in [0.25, 0.3) is 22.2 Å². The van der Waals surface area contributed by atoms with Gasteiger partial charge < -0.3 is 4.42 Å². The van der Waals surface area contributed by atoms with Gasteiger partial charge in [-0.3, -0.25) is 14.5 Å². The molecule has 84 valence electrons. The van der Waals surface area contributed by atoms with Crippen LogP contribution in [-0.4, -0.2) is 21.1 Å². The van der Waals surface area contributed by atoms with Crippen LogP contribution in [0.5, 0.6) is 0 Å². The summed E-state index contributed by atoms with van der Waals surface area (Å²) in [7, 11) is 1.85. The van der Waals surface area contributed by atoms with Gasteiger partial charge in [-0.15, -0.1) is 0 Å². The van der Waals surface area contributed by atoms with Crippen LogP contribution in [0.4, 0.5) is 0 Å². The third kappa shape index (κ3) is 1.44. The topological polar surface area (TPSA) is 60.9 Å². The molecule has 0 bridgehead atoms. The zero-order valence-electron chi connectivity index (χ0n) is 9.12. The molecule has 3 rings (SSSR count). The number of fused-ring (bicyclic) bond motifs is 1. The molecular weight excluding hydrogens is 218 g/mol. The van der Waals surface area contributed by atoms with Crippen LogP contribution in [0.1, 0.15) is 10.6 Å². The zero-order chi connectivity index (χ0) is 11.8. The maximum atomic E-state index is 10.6. The molecule has 0 aliphatic heterocycles. The molecule has 3 aromatic rings. The fraction of sp³-hybridized carbons (Fsp3) is 0.0833. The Balaban J connectivity index is 2.26. The Hall–Kier alpha value is -2.43. The highest BCUT2D eigenvalue weighted by Crippen LogP contribution is 2.28. The monoisotopic (exact) mass is 227 g/mol. The molecule has 5 heteroatoms. The molecule has 0 atom stereocenters. The summed E-state index contributed by atoms with van der Waals surface area (Å²) in [6, 6.07) is 3.39. The standard InChI is InChI=1S/C12H9N3O2/c1-15-11-6-13-4-10(9(11)5-14-15)12-3-2-8(7-16)17-12/h2-7H,1H3. The third-order valence-electron chi connectivity index (χ3n) is 2.68. The minimum atomic E-state index is 0.306. The molecule has 0 aromatic carbocycles. The van der Waals surface area contributed by atoms with E-state index in [4.69, 9.17) is 4.42 Å². The smallest absolute Gasteiger partial charge is 0.185 e. The van der Waals surface area contributed by atoms with E-state index in [9.17, 15) is 4.79 Å². The number of nitrogens with zero attached hydrogens (tertiary/aromatic N) is 3. The Labute approximate surface area is 96.7 Å². The summed E-state index contributed by atoms with van der Waals surface area (Å²) in [5.74, 6) is 0.930. The number of hydrogen-bond donors (Lipinski definition) is 0. The van der Waals surface area contributed by atoms with Crippen LogP contribution < -0.4 is 0 Å². The molecule has 0 saturated heterocycles. The van der Waals surface area contributed by atoms with Gasteiger partial charge in [-0.05, 0) is 12.1 Å². The van der Waals surface area contributed by atoms with Gasteiger partial charge in [0.1, 0.15) is 5.76 Å². The van der Waals surface area contributed by atoms with Crippen LogP contribution in [0.15, 0.2) is 35.1 Å². The summed E-state index contributed by atoms with van der Waals surface area (Å²) in [6.45, 7) is 0. The average Bonchev–Trinajstić information content (AvgIpc) is 2.96. The van der Waals surface area contributed by atoms with Crippen LogP contribution in [-0.2, 0) is 7.05 Å². The Bertz CT molecular complexity index is 697. The van der Waals surface area contributed by atoms with Crippen molar-refractivity contribution in [3.8, 4) is 11.3 Å². The molecule has 0 aliphatic carbocycles. The van der Waals surface area contributed by atoms with Crippen molar-refractivity contribution in [2.45, 2.75) is 0 Å². The lowest BCUT2D eigenvalue weighted by Crippen LogP contribution is -1.89. The summed E-state index contributed by atoms with van der Waals surface area (Å²) in [5, 5.41) is 5.13. The summed E-state index contributed by atoms with van der Waals surface area (Å²) in [5.41, 5.74) is 1.76. The first-order valence-corrected chi connectivity index (χ1v) is 5.10. The zero-order valence-corrected chi connectivity index (χ0v) is 9.12. The van der Waals surface area contributed by atoms with Crippen molar-refractivity contribution in [1.29, 1.82) is 0 Å². The van der Waals surface area contributed by atoms with Crippen LogP contribution in [0, 0.1) is 0 Å². The molecule has 0 saturated carbocycles. The first-order valence-electron chi connectivity index (χ1n) is 5.10. The van der Waals surface area contributed by atoms with Gasteiger partial charge in [0.2, 0.25) is 0 Å². The Morgan fingerprint density at radius 1 is 1.29 bits per heavy atom. The summed E-state index contributed by atoms with van der Waals surface area (Å²) in [6.07, 6.45) is 5.89. The van der Waals surface area contributed by atoms with Gasteiger partial charge in [-0.2, -0.15) is 5.10 Å². The molecule has 17 heavy (non-hydrogen) atoms. The number of aldehydes is 1. The number of pyridine rings is 1. The van der Waals surface area contributed by atoms with Gasteiger partial charge in [0.25, 0.3) is 0 Å². The van der Waals surface area contributed by atoms with E-state index in [0.29, 0.717) is 17.8 Å². The number of hydrogen-bond acceptors (Lipinski definition) is 4. The van der Waals surface area contributed by atoms with Crippen molar-refractivity contribution in [2.24, 2.45) is 7.05 Å². The Kier molecular flexibility index (Phi) is 2.04. The van der Waals surface area contributed by atoms with Gasteiger partial charge in [0.05, 0.1) is 17.9 Å². The molecule has 0 amide bonds. The summed E-state index contributed by atoms with van der Waals surface area (Å²) in [4.78, 5) is 14.7. The van der Waals surface area contributed by atoms with Crippen molar-refractivity contribution < 1.29 is 9.21 Å². The first-order chi connectivity index (χ1) is 8.29. The Morgan fingerprint density at radius 3 is 2.94 bits per heavy atom. The highest BCUT2D eigenvalue weighted by molar-refractivity contribution is 5.92. The highest BCUT2D eigenvalue weighted by atomic mass is 16.3. The maximum Gasteiger partial charge on any atom is 0.185 e. The lowest BCUT2D eigenvalue weighted by molar-refractivity contribution is 0.110. The van der Waals surface area contributed by atoms with Gasteiger partial charge in [0.15, 0.2) is 12.0 Å². The molecule has 0 fully saturated rings. The van der Waals surface area contributed by atoms with Gasteiger partial charge >= 0.3 is 0 Å². The molecule has 5 nitrogen and oxygen atoms in total. The van der Waals surface area contributed by atoms with E-state index >= 15 is 0 Å². The average molecular weight is 227 g/mol. The number of furan rings is 1. The fourth-order valence-corrected chi connectivity index (χ4v) is 1.82. The van der Waals surface area contributed by atoms with Gasteiger partial charge in [-0.25, -0.2) is 0 Å². The highest BCUT2D eigenvalue weighted by Gasteiger charge is 2.11. The molecule has 0 N–H and O–H groups in total. The minimum Gasteiger partial charge on any atom is -0.453 e. The second kappa shape index (κ2) is 3.55. The Morgan fingerprint density at radius 2 is 2.18 bits per heavy atom. The molecule has 0 spiro atoms. The predicted molar refractivity (Wildman–Crippen MR) is 61.6 cm³/mol. The van der Waals surface area contributed by atoms with Crippen molar-refractivity contribution in [3.05, 3.63) is 36.5 Å². The molecule has 3 heterocycles. The van der Waals surface area contributed by atoms with Crippen molar-refractivity contribution in [3.63, 3.8) is 0 Å². The number of carbonyl (C=O) groups is 1. The van der Waals surface area contributed by atoms with E-state index < -0.39 is 0 Å². The molecule has 0 radical (unpaired) electrons. The van der Waals surface area contributed by atoms with Crippen LogP contribution >= 0.6 is 0 Å².